The number of ether oxygens (including phenoxy) is 1. The molecule has 0 radical (unpaired) electrons. The summed E-state index contributed by atoms with van der Waals surface area (Å²) in [5.41, 5.74) is 2.43. The average Bonchev–Trinajstić information content (AvgIpc) is 2.80. The normalized spacial score (nSPS) is 13.9. The van der Waals surface area contributed by atoms with Crippen LogP contribution >= 0.6 is 34.8 Å². The van der Waals surface area contributed by atoms with Crippen molar-refractivity contribution >= 4 is 56.4 Å². The van der Waals surface area contributed by atoms with Crippen LogP contribution in [0.15, 0.2) is 65.6 Å². The lowest BCUT2D eigenvalue weighted by Gasteiger charge is -2.28. The van der Waals surface area contributed by atoms with Gasteiger partial charge in [0.25, 0.3) is 5.91 Å². The first-order chi connectivity index (χ1) is 15.8. The molecule has 0 atom stereocenters. The van der Waals surface area contributed by atoms with Gasteiger partial charge in [-0.05, 0) is 47.9 Å². The van der Waals surface area contributed by atoms with Gasteiger partial charge in [-0.3, -0.25) is 4.79 Å². The van der Waals surface area contributed by atoms with E-state index in [2.05, 4.69) is 5.32 Å². The van der Waals surface area contributed by atoms with Crippen molar-refractivity contribution in [3.63, 3.8) is 0 Å². The minimum Gasteiger partial charge on any atom is -0.482 e. The van der Waals surface area contributed by atoms with E-state index < -0.39 is 15.9 Å². The largest absolute Gasteiger partial charge is 0.482 e. The summed E-state index contributed by atoms with van der Waals surface area (Å²) in [6.45, 7) is 0.329. The van der Waals surface area contributed by atoms with E-state index in [1.54, 1.807) is 18.2 Å². The van der Waals surface area contributed by atoms with Crippen molar-refractivity contribution in [2.75, 3.05) is 18.5 Å². The van der Waals surface area contributed by atoms with Gasteiger partial charge in [0.1, 0.15) is 5.75 Å². The van der Waals surface area contributed by atoms with Crippen LogP contribution in [0.2, 0.25) is 15.1 Å². The smallest absolute Gasteiger partial charge is 0.262 e. The first-order valence-electron chi connectivity index (χ1n) is 9.99. The van der Waals surface area contributed by atoms with Gasteiger partial charge >= 0.3 is 0 Å². The number of halogens is 3. The summed E-state index contributed by atoms with van der Waals surface area (Å²) in [5, 5.41) is 3.25. The summed E-state index contributed by atoms with van der Waals surface area (Å²) >= 11 is 18.4. The molecule has 0 aliphatic carbocycles. The van der Waals surface area contributed by atoms with Crippen molar-refractivity contribution in [3.8, 4) is 5.75 Å². The summed E-state index contributed by atoms with van der Waals surface area (Å²) in [5.74, 6) is -0.315. The van der Waals surface area contributed by atoms with Crippen molar-refractivity contribution in [2.45, 2.75) is 17.9 Å². The third kappa shape index (κ3) is 5.28. The Hall–Kier alpha value is -2.29. The highest BCUT2D eigenvalue weighted by Crippen LogP contribution is 2.32. The molecule has 1 heterocycles. The number of carbonyl (C=O) groups is 1. The van der Waals surface area contributed by atoms with Gasteiger partial charge in [-0.1, -0.05) is 65.1 Å². The Kier molecular flexibility index (Phi) is 7.16. The van der Waals surface area contributed by atoms with Crippen LogP contribution in [0, 0.1) is 0 Å². The number of carbonyl (C=O) groups excluding carboxylic acids is 1. The number of sulfonamides is 1. The molecule has 0 bridgehead atoms. The van der Waals surface area contributed by atoms with E-state index in [-0.39, 0.29) is 28.0 Å². The molecule has 0 fully saturated rings. The van der Waals surface area contributed by atoms with E-state index >= 15 is 0 Å². The molecule has 33 heavy (non-hydrogen) atoms. The zero-order valence-electron chi connectivity index (χ0n) is 17.2. The average molecular weight is 526 g/mol. The minimum atomic E-state index is -3.74. The fourth-order valence-corrected chi connectivity index (χ4v) is 5.76. The number of amides is 1. The molecule has 1 aliphatic rings. The van der Waals surface area contributed by atoms with Crippen molar-refractivity contribution in [1.29, 1.82) is 0 Å². The molecule has 1 amide bonds. The lowest BCUT2D eigenvalue weighted by molar-refractivity contribution is -0.118. The standard InChI is InChI=1S/C23H19Cl3N2O4S/c24-18-6-3-7-19(25)23(18)27-22(29)14-32-21-9-8-17(12-20(21)26)33(30,31)28-11-10-15-4-1-2-5-16(15)13-28/h1-9,12H,10-11,13-14H2,(H,27,29). The van der Waals surface area contributed by atoms with Crippen LogP contribution in [-0.4, -0.2) is 31.8 Å². The number of para-hydroxylation sites is 1. The first kappa shape index (κ1) is 23.9. The maximum absolute atomic E-state index is 13.1. The molecule has 0 spiro atoms. The molecule has 0 saturated heterocycles. The van der Waals surface area contributed by atoms with Crippen LogP contribution in [0.25, 0.3) is 0 Å². The van der Waals surface area contributed by atoms with E-state index in [1.165, 1.54) is 22.5 Å². The second kappa shape index (κ2) is 9.91. The molecule has 3 aromatic carbocycles. The lowest BCUT2D eigenvalue weighted by Crippen LogP contribution is -2.35. The predicted molar refractivity (Wildman–Crippen MR) is 130 cm³/mol. The number of hydrogen-bond donors (Lipinski definition) is 1. The highest BCUT2D eigenvalue weighted by Gasteiger charge is 2.28. The number of fused-ring (bicyclic) bond motifs is 1. The Morgan fingerprint density at radius 3 is 2.33 bits per heavy atom. The van der Waals surface area contributed by atoms with Gasteiger partial charge in [-0.15, -0.1) is 0 Å². The Balaban J connectivity index is 1.43. The molecular weight excluding hydrogens is 507 g/mol. The van der Waals surface area contributed by atoms with Crippen molar-refractivity contribution in [2.24, 2.45) is 0 Å². The SMILES string of the molecule is O=C(COc1ccc(S(=O)(=O)N2CCc3ccccc3C2)cc1Cl)Nc1c(Cl)cccc1Cl. The number of rotatable bonds is 6. The molecule has 1 aliphatic heterocycles. The van der Waals surface area contributed by atoms with Gasteiger partial charge in [-0.25, -0.2) is 8.42 Å². The summed E-state index contributed by atoms with van der Waals surface area (Å²) < 4.78 is 33.2. The molecule has 0 aromatic heterocycles. The summed E-state index contributed by atoms with van der Waals surface area (Å²) in [4.78, 5) is 12.3. The van der Waals surface area contributed by atoms with Crippen LogP contribution < -0.4 is 10.1 Å². The Bertz CT molecular complexity index is 1290. The minimum absolute atomic E-state index is 0.0616. The topological polar surface area (TPSA) is 75.7 Å². The third-order valence-electron chi connectivity index (χ3n) is 5.22. The molecule has 4 rings (SSSR count). The highest BCUT2D eigenvalue weighted by atomic mass is 35.5. The van der Waals surface area contributed by atoms with Gasteiger partial charge in [-0.2, -0.15) is 4.31 Å². The van der Waals surface area contributed by atoms with E-state index in [9.17, 15) is 13.2 Å². The molecule has 172 valence electrons. The van der Waals surface area contributed by atoms with Gasteiger partial charge in [0, 0.05) is 13.1 Å². The molecular formula is C23H19Cl3N2O4S. The zero-order valence-corrected chi connectivity index (χ0v) is 20.3. The molecule has 10 heteroatoms. The first-order valence-corrected chi connectivity index (χ1v) is 12.6. The second-order valence-electron chi connectivity index (χ2n) is 7.38. The van der Waals surface area contributed by atoms with Gasteiger partial charge in [0.2, 0.25) is 10.0 Å². The van der Waals surface area contributed by atoms with Crippen molar-refractivity contribution in [3.05, 3.63) is 86.9 Å². The van der Waals surface area contributed by atoms with Crippen molar-refractivity contribution < 1.29 is 17.9 Å². The van der Waals surface area contributed by atoms with E-state index in [1.807, 2.05) is 24.3 Å². The third-order valence-corrected chi connectivity index (χ3v) is 7.99. The predicted octanol–water partition coefficient (Wildman–Crippen LogP) is 5.41. The fraction of sp³-hybridized carbons (Fsp3) is 0.174. The second-order valence-corrected chi connectivity index (χ2v) is 10.5. The van der Waals surface area contributed by atoms with Gasteiger partial charge in [0.15, 0.2) is 6.61 Å². The molecule has 6 nitrogen and oxygen atoms in total. The van der Waals surface area contributed by atoms with E-state index in [0.29, 0.717) is 29.6 Å². The molecule has 1 N–H and O–H groups in total. The molecule has 0 unspecified atom stereocenters. The van der Waals surface area contributed by atoms with Crippen molar-refractivity contribution in [1.82, 2.24) is 4.31 Å². The number of nitrogens with zero attached hydrogens (tertiary/aromatic N) is 1. The van der Waals surface area contributed by atoms with E-state index in [4.69, 9.17) is 39.5 Å². The lowest BCUT2D eigenvalue weighted by atomic mass is 10.0. The number of anilines is 1. The van der Waals surface area contributed by atoms with Gasteiger partial charge < -0.3 is 10.1 Å². The number of benzene rings is 3. The maximum atomic E-state index is 13.1. The summed E-state index contributed by atoms with van der Waals surface area (Å²) in [6.07, 6.45) is 0.648. The zero-order chi connectivity index (χ0) is 23.6. The monoisotopic (exact) mass is 524 g/mol. The van der Waals surface area contributed by atoms with Crippen LogP contribution in [0.4, 0.5) is 5.69 Å². The highest BCUT2D eigenvalue weighted by molar-refractivity contribution is 7.89. The van der Waals surface area contributed by atoms with Crippen LogP contribution in [0.3, 0.4) is 0 Å². The fourth-order valence-electron chi connectivity index (χ4n) is 3.52. The van der Waals surface area contributed by atoms with Crippen LogP contribution in [0.5, 0.6) is 5.75 Å². The van der Waals surface area contributed by atoms with E-state index in [0.717, 1.165) is 11.1 Å². The van der Waals surface area contributed by atoms with Crippen LogP contribution in [0.1, 0.15) is 11.1 Å². The quantitative estimate of drug-likeness (QED) is 0.467. The van der Waals surface area contributed by atoms with Gasteiger partial charge in [0.05, 0.1) is 25.7 Å². The maximum Gasteiger partial charge on any atom is 0.262 e. The van der Waals surface area contributed by atoms with Crippen LogP contribution in [-0.2, 0) is 27.8 Å². The summed E-state index contributed by atoms with van der Waals surface area (Å²) in [6, 6.07) is 16.8. The summed E-state index contributed by atoms with van der Waals surface area (Å²) in [7, 11) is -3.74. The molecule has 3 aromatic rings. The Morgan fingerprint density at radius 1 is 0.939 bits per heavy atom. The number of nitrogens with one attached hydrogen (secondary N) is 1. The Labute approximate surface area is 207 Å². The number of hydrogen-bond acceptors (Lipinski definition) is 4. The Morgan fingerprint density at radius 2 is 1.64 bits per heavy atom. The molecule has 0 saturated carbocycles.